The highest BCUT2D eigenvalue weighted by atomic mass is 35.5. The number of allylic oxidation sites excluding steroid dienone is 1. The van der Waals surface area contributed by atoms with Crippen LogP contribution in [0.3, 0.4) is 0 Å². The van der Waals surface area contributed by atoms with Gasteiger partial charge < -0.3 is 9.47 Å². The molecular formula is C27H21Cl2NO4S. The number of methoxy groups -OCH3 is 1. The van der Waals surface area contributed by atoms with E-state index in [4.69, 9.17) is 32.7 Å². The average molecular weight is 526 g/mol. The van der Waals surface area contributed by atoms with Crippen LogP contribution in [0.25, 0.3) is 6.08 Å². The number of ether oxygens (including phenoxy) is 2. The highest BCUT2D eigenvalue weighted by molar-refractivity contribution is 8.19. The number of carbonyl (C=O) groups is 2. The zero-order valence-electron chi connectivity index (χ0n) is 18.8. The van der Waals surface area contributed by atoms with Crippen molar-refractivity contribution in [1.29, 1.82) is 0 Å². The van der Waals surface area contributed by atoms with E-state index in [1.54, 1.807) is 61.7 Å². The molecule has 1 saturated heterocycles. The summed E-state index contributed by atoms with van der Waals surface area (Å²) < 4.78 is 11.7. The first-order chi connectivity index (χ1) is 16.9. The Hall–Kier alpha value is -3.19. The van der Waals surface area contributed by atoms with Crippen LogP contribution in [0.2, 0.25) is 10.0 Å². The molecule has 1 aliphatic heterocycles. The maximum atomic E-state index is 13.0. The van der Waals surface area contributed by atoms with Gasteiger partial charge in [0.2, 0.25) is 0 Å². The molecule has 1 aliphatic rings. The smallest absolute Gasteiger partial charge is 0.298 e. The van der Waals surface area contributed by atoms with Crippen LogP contribution in [0.15, 0.2) is 78.2 Å². The van der Waals surface area contributed by atoms with Gasteiger partial charge in [-0.3, -0.25) is 9.59 Å². The predicted molar refractivity (Wildman–Crippen MR) is 143 cm³/mol. The first-order valence-electron chi connectivity index (χ1n) is 10.6. The molecule has 35 heavy (non-hydrogen) atoms. The van der Waals surface area contributed by atoms with Crippen LogP contribution < -0.4 is 14.4 Å². The third kappa shape index (κ3) is 5.56. The number of halogens is 2. The first-order valence-corrected chi connectivity index (χ1v) is 12.2. The minimum atomic E-state index is -0.365. The van der Waals surface area contributed by atoms with Crippen LogP contribution in [0, 0.1) is 0 Å². The number of carbonyl (C=O) groups excluding carboxylic acids is 2. The lowest BCUT2D eigenvalue weighted by atomic mass is 10.0. The Labute approximate surface area is 217 Å². The second-order valence-corrected chi connectivity index (χ2v) is 9.40. The van der Waals surface area contributed by atoms with Crippen molar-refractivity contribution in [3.8, 4) is 11.5 Å². The monoisotopic (exact) mass is 525 g/mol. The summed E-state index contributed by atoms with van der Waals surface area (Å²) in [7, 11) is 1.55. The molecule has 0 spiro atoms. The highest BCUT2D eigenvalue weighted by Gasteiger charge is 2.36. The second kappa shape index (κ2) is 11.0. The van der Waals surface area contributed by atoms with Gasteiger partial charge in [0.05, 0.1) is 27.7 Å². The van der Waals surface area contributed by atoms with Crippen molar-refractivity contribution in [2.24, 2.45) is 0 Å². The molecule has 5 nitrogen and oxygen atoms in total. The van der Waals surface area contributed by atoms with Crippen LogP contribution in [-0.4, -0.2) is 18.3 Å². The number of amides is 2. The second-order valence-electron chi connectivity index (χ2n) is 7.59. The van der Waals surface area contributed by atoms with Crippen LogP contribution in [-0.2, 0) is 17.8 Å². The molecule has 8 heteroatoms. The maximum absolute atomic E-state index is 13.0. The van der Waals surface area contributed by atoms with Crippen LogP contribution in [0.5, 0.6) is 11.5 Å². The molecule has 1 fully saturated rings. The molecule has 0 radical (unpaired) electrons. The number of rotatable bonds is 8. The average Bonchev–Trinajstić information content (AvgIpc) is 3.13. The molecular weight excluding hydrogens is 505 g/mol. The quantitative estimate of drug-likeness (QED) is 0.224. The third-order valence-electron chi connectivity index (χ3n) is 5.21. The molecule has 4 rings (SSSR count). The summed E-state index contributed by atoms with van der Waals surface area (Å²) >= 11 is 13.0. The Balaban J connectivity index is 1.64. The largest absolute Gasteiger partial charge is 0.493 e. The van der Waals surface area contributed by atoms with E-state index in [-0.39, 0.29) is 17.8 Å². The van der Waals surface area contributed by atoms with Crippen molar-refractivity contribution in [2.75, 3.05) is 12.0 Å². The highest BCUT2D eigenvalue weighted by Crippen LogP contribution is 2.39. The Bertz CT molecular complexity index is 1320. The Morgan fingerprint density at radius 3 is 2.49 bits per heavy atom. The summed E-state index contributed by atoms with van der Waals surface area (Å²) in [5.41, 5.74) is 2.92. The Kier molecular flexibility index (Phi) is 7.86. The first kappa shape index (κ1) is 24.9. The molecule has 0 unspecified atom stereocenters. The molecule has 0 bridgehead atoms. The zero-order chi connectivity index (χ0) is 24.9. The molecule has 0 aliphatic carbocycles. The zero-order valence-corrected chi connectivity index (χ0v) is 21.1. The van der Waals surface area contributed by atoms with E-state index >= 15 is 0 Å². The van der Waals surface area contributed by atoms with Crippen molar-refractivity contribution in [3.63, 3.8) is 0 Å². The van der Waals surface area contributed by atoms with Crippen molar-refractivity contribution in [1.82, 2.24) is 0 Å². The van der Waals surface area contributed by atoms with Gasteiger partial charge >= 0.3 is 0 Å². The molecule has 2 amide bonds. The van der Waals surface area contributed by atoms with Crippen LogP contribution >= 0.6 is 35.0 Å². The summed E-state index contributed by atoms with van der Waals surface area (Å²) in [6.45, 7) is 4.09. The van der Waals surface area contributed by atoms with Gasteiger partial charge in [-0.15, -0.1) is 6.58 Å². The van der Waals surface area contributed by atoms with Gasteiger partial charge in [0, 0.05) is 5.56 Å². The molecule has 0 atom stereocenters. The molecule has 3 aromatic rings. The van der Waals surface area contributed by atoms with E-state index < -0.39 is 0 Å². The number of para-hydroxylation sites is 1. The fourth-order valence-corrected chi connectivity index (χ4v) is 4.76. The summed E-state index contributed by atoms with van der Waals surface area (Å²) in [4.78, 5) is 27.0. The third-order valence-corrected chi connectivity index (χ3v) is 6.82. The Morgan fingerprint density at radius 2 is 1.80 bits per heavy atom. The van der Waals surface area contributed by atoms with Crippen molar-refractivity contribution in [2.45, 2.75) is 13.0 Å². The van der Waals surface area contributed by atoms with E-state index in [9.17, 15) is 9.59 Å². The van der Waals surface area contributed by atoms with Gasteiger partial charge in [-0.2, -0.15) is 0 Å². The van der Waals surface area contributed by atoms with Gasteiger partial charge in [0.25, 0.3) is 11.1 Å². The normalized spacial score (nSPS) is 14.5. The maximum Gasteiger partial charge on any atom is 0.298 e. The molecule has 0 aromatic heterocycles. The van der Waals surface area contributed by atoms with Gasteiger partial charge in [0.1, 0.15) is 6.61 Å². The minimum absolute atomic E-state index is 0.257. The van der Waals surface area contributed by atoms with E-state index in [2.05, 4.69) is 6.58 Å². The fourth-order valence-electron chi connectivity index (χ4n) is 3.59. The molecule has 0 saturated carbocycles. The standard InChI is InChI=1S/C27H21Cl2NO4S/c1-3-7-19-12-18(15-24-26(31)30(27(32)35-24)20-8-5-4-6-9-20)14-23(33-2)25(19)34-16-17-10-11-21(28)22(29)13-17/h3-6,8-15H,1,7,16H2,2H3/b24-15-. The van der Waals surface area contributed by atoms with E-state index in [0.717, 1.165) is 22.9 Å². The number of anilines is 1. The Morgan fingerprint density at radius 1 is 1.03 bits per heavy atom. The SMILES string of the molecule is C=CCc1cc(/C=C2\SC(=O)N(c3ccccc3)C2=O)cc(OC)c1OCc1ccc(Cl)c(Cl)c1. The molecule has 0 N–H and O–H groups in total. The number of imide groups is 1. The lowest BCUT2D eigenvalue weighted by molar-refractivity contribution is -0.113. The van der Waals surface area contributed by atoms with E-state index in [1.165, 1.54) is 4.90 Å². The molecule has 3 aromatic carbocycles. The van der Waals surface area contributed by atoms with Gasteiger partial charge in [0.15, 0.2) is 11.5 Å². The van der Waals surface area contributed by atoms with Gasteiger partial charge in [-0.25, -0.2) is 4.90 Å². The summed E-state index contributed by atoms with van der Waals surface area (Å²) in [5, 5.41) is 0.583. The van der Waals surface area contributed by atoms with Crippen LogP contribution in [0.4, 0.5) is 10.5 Å². The molecule has 178 valence electrons. The molecule has 1 heterocycles. The van der Waals surface area contributed by atoms with E-state index in [1.807, 2.05) is 18.2 Å². The summed E-state index contributed by atoms with van der Waals surface area (Å²) in [6.07, 6.45) is 3.96. The van der Waals surface area contributed by atoms with Crippen molar-refractivity contribution >= 4 is 57.9 Å². The number of benzene rings is 3. The number of hydrogen-bond acceptors (Lipinski definition) is 5. The topological polar surface area (TPSA) is 55.8 Å². The number of nitrogens with zero attached hydrogens (tertiary/aromatic N) is 1. The summed E-state index contributed by atoms with van der Waals surface area (Å²) in [5.74, 6) is 0.696. The lowest BCUT2D eigenvalue weighted by Crippen LogP contribution is -2.27. The number of thioether (sulfide) groups is 1. The van der Waals surface area contributed by atoms with Crippen molar-refractivity contribution in [3.05, 3.63) is 105 Å². The fraction of sp³-hybridized carbons (Fsp3) is 0.111. The van der Waals surface area contributed by atoms with Gasteiger partial charge in [-0.05, 0) is 71.8 Å². The lowest BCUT2D eigenvalue weighted by Gasteiger charge is -2.16. The number of hydrogen-bond donors (Lipinski definition) is 0. The van der Waals surface area contributed by atoms with Crippen molar-refractivity contribution < 1.29 is 19.1 Å². The van der Waals surface area contributed by atoms with Crippen LogP contribution in [0.1, 0.15) is 16.7 Å². The van der Waals surface area contributed by atoms with E-state index in [0.29, 0.717) is 44.1 Å². The van der Waals surface area contributed by atoms with Gasteiger partial charge in [-0.1, -0.05) is 53.5 Å². The predicted octanol–water partition coefficient (Wildman–Crippen LogP) is 7.55. The minimum Gasteiger partial charge on any atom is -0.493 e. The summed E-state index contributed by atoms with van der Waals surface area (Å²) in [6, 6.07) is 17.8.